The Bertz CT molecular complexity index is 522. The van der Waals surface area contributed by atoms with E-state index in [1.54, 1.807) is 0 Å². The summed E-state index contributed by atoms with van der Waals surface area (Å²) < 4.78 is 0. The minimum atomic E-state index is -0.433. The number of nitrogens with two attached hydrogens (primary N) is 1. The smallest absolute Gasteiger partial charge is 0.248 e. The van der Waals surface area contributed by atoms with Gasteiger partial charge in [0.15, 0.2) is 5.17 Å². The van der Waals surface area contributed by atoms with E-state index < -0.39 is 5.91 Å². The molecule has 0 aliphatic carbocycles. The van der Waals surface area contributed by atoms with Crippen LogP contribution >= 0.6 is 11.8 Å². The second kappa shape index (κ2) is 5.27. The number of nitrogens with zero attached hydrogens (tertiary/aromatic N) is 1. The number of benzene rings is 1. The second-order valence-corrected chi connectivity index (χ2v) is 4.77. The number of amides is 1. The number of rotatable bonds is 2. The molecule has 1 heterocycles. The van der Waals surface area contributed by atoms with E-state index in [0.717, 1.165) is 16.4 Å². The van der Waals surface area contributed by atoms with Crippen LogP contribution in [0, 0.1) is 0 Å². The Kier molecular flexibility index (Phi) is 3.72. The first-order valence-electron chi connectivity index (χ1n) is 5.58. The molecule has 0 aromatic heterocycles. The lowest BCUT2D eigenvalue weighted by molar-refractivity contribution is -0.114. The molecule has 0 fully saturated rings. The van der Waals surface area contributed by atoms with E-state index in [1.807, 2.05) is 43.5 Å². The molecule has 4 nitrogen and oxygen atoms in total. The Morgan fingerprint density at radius 1 is 1.39 bits per heavy atom. The van der Waals surface area contributed by atoms with E-state index in [1.165, 1.54) is 11.8 Å². The Morgan fingerprint density at radius 2 is 2.06 bits per heavy atom. The molecule has 1 aliphatic heterocycles. The van der Waals surface area contributed by atoms with Gasteiger partial charge in [-0.15, -0.1) is 0 Å². The summed E-state index contributed by atoms with van der Waals surface area (Å²) in [6, 6.07) is 9.39. The number of thioether (sulfide) groups is 1. The van der Waals surface area contributed by atoms with Crippen LogP contribution in [-0.4, -0.2) is 17.3 Å². The van der Waals surface area contributed by atoms with Gasteiger partial charge in [0.25, 0.3) is 0 Å². The lowest BCUT2D eigenvalue weighted by atomic mass is 9.96. The van der Waals surface area contributed by atoms with Crippen LogP contribution in [0.2, 0.25) is 0 Å². The summed E-state index contributed by atoms with van der Waals surface area (Å²) in [5, 5.41) is 3.89. The summed E-state index contributed by atoms with van der Waals surface area (Å²) in [5.41, 5.74) is 7.73. The van der Waals surface area contributed by atoms with Crippen LogP contribution in [0.1, 0.15) is 18.5 Å². The van der Waals surface area contributed by atoms with E-state index in [-0.39, 0.29) is 6.04 Å². The van der Waals surface area contributed by atoms with Gasteiger partial charge in [-0.25, -0.2) is 4.99 Å². The third-order valence-corrected chi connectivity index (χ3v) is 3.39. The summed E-state index contributed by atoms with van der Waals surface area (Å²) in [7, 11) is 0. The first kappa shape index (κ1) is 12.7. The van der Waals surface area contributed by atoms with Crippen molar-refractivity contribution in [3.05, 3.63) is 47.2 Å². The Labute approximate surface area is 110 Å². The number of carbonyl (C=O) groups excluding carboxylic acids is 1. The van der Waals surface area contributed by atoms with Crippen molar-refractivity contribution >= 4 is 22.8 Å². The monoisotopic (exact) mass is 261 g/mol. The molecule has 3 N–H and O–H groups in total. The molecule has 0 radical (unpaired) electrons. The highest BCUT2D eigenvalue weighted by Crippen LogP contribution is 2.31. The van der Waals surface area contributed by atoms with Gasteiger partial charge in [-0.05, 0) is 18.7 Å². The first-order valence-corrected chi connectivity index (χ1v) is 6.80. The van der Waals surface area contributed by atoms with Gasteiger partial charge in [-0.1, -0.05) is 42.1 Å². The van der Waals surface area contributed by atoms with Gasteiger partial charge in [0.1, 0.15) is 6.04 Å². The molecule has 0 unspecified atom stereocenters. The van der Waals surface area contributed by atoms with Crippen LogP contribution in [0.15, 0.2) is 46.6 Å². The fourth-order valence-electron chi connectivity index (χ4n) is 1.95. The molecule has 94 valence electrons. The topological polar surface area (TPSA) is 67.5 Å². The minimum Gasteiger partial charge on any atom is -0.366 e. The molecular weight excluding hydrogens is 246 g/mol. The normalized spacial score (nSPS) is 19.2. The molecular formula is C13H15N3OS. The summed E-state index contributed by atoms with van der Waals surface area (Å²) in [5.74, 6) is -0.433. The number of carbonyl (C=O) groups is 1. The summed E-state index contributed by atoms with van der Waals surface area (Å²) >= 11 is 1.51. The van der Waals surface area contributed by atoms with Gasteiger partial charge in [0.05, 0.1) is 5.57 Å². The fourth-order valence-corrected chi connectivity index (χ4v) is 2.41. The third-order valence-electron chi connectivity index (χ3n) is 2.79. The number of allylic oxidation sites excluding steroid dienone is 1. The van der Waals surface area contributed by atoms with Crippen molar-refractivity contribution in [3.63, 3.8) is 0 Å². The van der Waals surface area contributed by atoms with Crippen molar-refractivity contribution < 1.29 is 4.79 Å². The van der Waals surface area contributed by atoms with E-state index in [9.17, 15) is 4.79 Å². The number of aliphatic imine (C=N–C) groups is 1. The van der Waals surface area contributed by atoms with Gasteiger partial charge < -0.3 is 11.1 Å². The van der Waals surface area contributed by atoms with Crippen LogP contribution in [-0.2, 0) is 4.79 Å². The van der Waals surface area contributed by atoms with Gasteiger partial charge >= 0.3 is 0 Å². The Balaban J connectivity index is 2.48. The van der Waals surface area contributed by atoms with Gasteiger partial charge in [-0.2, -0.15) is 0 Å². The molecule has 1 amide bonds. The average molecular weight is 261 g/mol. The van der Waals surface area contributed by atoms with Crippen LogP contribution in [0.4, 0.5) is 0 Å². The predicted octanol–water partition coefficient (Wildman–Crippen LogP) is 1.81. The fraction of sp³-hybridized carbons (Fsp3) is 0.231. The molecule has 1 aromatic carbocycles. The number of hydrogen-bond acceptors (Lipinski definition) is 4. The van der Waals surface area contributed by atoms with Crippen molar-refractivity contribution in [2.45, 2.75) is 13.0 Å². The zero-order valence-electron chi connectivity index (χ0n) is 10.3. The van der Waals surface area contributed by atoms with Gasteiger partial charge in [-0.3, -0.25) is 4.79 Å². The van der Waals surface area contributed by atoms with Crippen molar-refractivity contribution in [3.8, 4) is 0 Å². The molecule has 18 heavy (non-hydrogen) atoms. The van der Waals surface area contributed by atoms with Crippen LogP contribution in [0.3, 0.4) is 0 Å². The molecule has 2 rings (SSSR count). The highest BCUT2D eigenvalue weighted by molar-refractivity contribution is 8.13. The van der Waals surface area contributed by atoms with Crippen LogP contribution in [0.5, 0.6) is 0 Å². The molecule has 5 heteroatoms. The zero-order chi connectivity index (χ0) is 13.1. The van der Waals surface area contributed by atoms with Crippen molar-refractivity contribution in [2.75, 3.05) is 6.26 Å². The van der Waals surface area contributed by atoms with E-state index >= 15 is 0 Å². The molecule has 1 atom stereocenters. The molecule has 0 saturated carbocycles. The number of nitrogens with one attached hydrogen (secondary N) is 1. The summed E-state index contributed by atoms with van der Waals surface area (Å²) in [6.07, 6.45) is 1.94. The number of hydrogen-bond donors (Lipinski definition) is 2. The van der Waals surface area contributed by atoms with E-state index in [0.29, 0.717) is 5.57 Å². The Morgan fingerprint density at radius 3 is 2.61 bits per heavy atom. The number of amidine groups is 1. The molecule has 0 spiro atoms. The maximum Gasteiger partial charge on any atom is 0.248 e. The standard InChI is InChI=1S/C13H15N3OS/c1-8-10(12(14)17)11(16-13(15-8)18-2)9-6-4-3-5-7-9/h3-7,11H,1-2H3,(H2,14,17)(H,15,16)/t11-/m1/s1. The van der Waals surface area contributed by atoms with Crippen molar-refractivity contribution in [1.82, 2.24) is 5.32 Å². The molecule has 1 aliphatic rings. The SMILES string of the molecule is CSC1=N[C@H](c2ccccc2)C(C(N)=O)=C(C)N1. The first-order chi connectivity index (χ1) is 8.63. The Hall–Kier alpha value is -1.75. The third kappa shape index (κ3) is 2.41. The lowest BCUT2D eigenvalue weighted by Gasteiger charge is -2.24. The summed E-state index contributed by atoms with van der Waals surface area (Å²) in [4.78, 5) is 16.1. The highest BCUT2D eigenvalue weighted by Gasteiger charge is 2.27. The van der Waals surface area contributed by atoms with E-state index in [4.69, 9.17) is 5.73 Å². The zero-order valence-corrected chi connectivity index (χ0v) is 11.1. The minimum absolute atomic E-state index is 0.313. The molecule has 0 saturated heterocycles. The summed E-state index contributed by atoms with van der Waals surface area (Å²) in [6.45, 7) is 1.85. The maximum absolute atomic E-state index is 11.6. The molecule has 0 bridgehead atoms. The highest BCUT2D eigenvalue weighted by atomic mass is 32.2. The van der Waals surface area contributed by atoms with Crippen molar-refractivity contribution in [2.24, 2.45) is 10.7 Å². The largest absolute Gasteiger partial charge is 0.366 e. The van der Waals surface area contributed by atoms with Crippen LogP contribution in [0.25, 0.3) is 0 Å². The average Bonchev–Trinajstić information content (AvgIpc) is 2.38. The maximum atomic E-state index is 11.6. The second-order valence-electron chi connectivity index (χ2n) is 3.98. The van der Waals surface area contributed by atoms with Crippen molar-refractivity contribution in [1.29, 1.82) is 0 Å². The quantitative estimate of drug-likeness (QED) is 0.853. The number of primary amides is 1. The van der Waals surface area contributed by atoms with Crippen LogP contribution < -0.4 is 11.1 Å². The van der Waals surface area contributed by atoms with Gasteiger partial charge in [0.2, 0.25) is 5.91 Å². The molecule has 1 aromatic rings. The van der Waals surface area contributed by atoms with Gasteiger partial charge in [0, 0.05) is 5.70 Å². The predicted molar refractivity (Wildman–Crippen MR) is 75.2 cm³/mol. The lowest BCUT2D eigenvalue weighted by Crippen LogP contribution is -2.32. The van der Waals surface area contributed by atoms with E-state index in [2.05, 4.69) is 10.3 Å².